The van der Waals surface area contributed by atoms with Crippen LogP contribution in [0.3, 0.4) is 0 Å². The van der Waals surface area contributed by atoms with Gasteiger partial charge in [0, 0.05) is 49.2 Å². The van der Waals surface area contributed by atoms with Crippen LogP contribution in [0.25, 0.3) is 5.70 Å². The van der Waals surface area contributed by atoms with E-state index in [1.807, 2.05) is 60.8 Å². The van der Waals surface area contributed by atoms with E-state index < -0.39 is 0 Å². The Balaban J connectivity index is 1.38. The Morgan fingerprint density at radius 2 is 1.97 bits per heavy atom. The molecule has 190 valence electrons. The molecule has 2 aliphatic rings. The lowest BCUT2D eigenvalue weighted by Gasteiger charge is -2.29. The molecule has 0 bridgehead atoms. The summed E-state index contributed by atoms with van der Waals surface area (Å²) in [6.45, 7) is 2.68. The van der Waals surface area contributed by atoms with Crippen LogP contribution in [0.2, 0.25) is 0 Å². The number of nitrogens with zero attached hydrogens (tertiary/aromatic N) is 2. The third-order valence-corrected chi connectivity index (χ3v) is 5.77. The van der Waals surface area contributed by atoms with Crippen LogP contribution in [0.4, 0.5) is 10.5 Å². The van der Waals surface area contributed by atoms with E-state index >= 15 is 0 Å². The monoisotopic (exact) mass is 491 g/mol. The van der Waals surface area contributed by atoms with Crippen molar-refractivity contribution in [1.29, 1.82) is 0 Å². The van der Waals surface area contributed by atoms with E-state index in [1.54, 1.807) is 4.90 Å². The van der Waals surface area contributed by atoms with Gasteiger partial charge in [0.2, 0.25) is 0 Å². The van der Waals surface area contributed by atoms with Gasteiger partial charge in [-0.1, -0.05) is 24.3 Å². The van der Waals surface area contributed by atoms with Crippen molar-refractivity contribution in [3.8, 4) is 5.75 Å². The third kappa shape index (κ3) is 6.55. The minimum atomic E-state index is -0.287. The van der Waals surface area contributed by atoms with E-state index in [-0.39, 0.29) is 24.8 Å². The highest BCUT2D eigenvalue weighted by atomic mass is 16.5. The molecule has 2 heterocycles. The summed E-state index contributed by atoms with van der Waals surface area (Å²) in [6.07, 6.45) is 5.04. The van der Waals surface area contributed by atoms with Crippen LogP contribution in [0.5, 0.6) is 5.75 Å². The summed E-state index contributed by atoms with van der Waals surface area (Å²) >= 11 is 0. The van der Waals surface area contributed by atoms with Gasteiger partial charge in [0.1, 0.15) is 11.9 Å². The number of carbonyl (C=O) groups is 1. The molecule has 1 unspecified atom stereocenters. The van der Waals surface area contributed by atoms with Crippen LogP contribution < -0.4 is 37.1 Å². The van der Waals surface area contributed by atoms with Gasteiger partial charge in [-0.3, -0.25) is 9.89 Å². The van der Waals surface area contributed by atoms with Crippen LogP contribution in [-0.4, -0.2) is 49.6 Å². The number of nitrogens with two attached hydrogens (primary N) is 2. The quantitative estimate of drug-likeness (QED) is 0.150. The molecule has 0 spiro atoms. The minimum Gasteiger partial charge on any atom is -0.493 e. The Morgan fingerprint density at radius 1 is 1.14 bits per heavy atom. The SMILES string of the molecule is NC(N)=NCCCNCc1ccc(N2C=C3C=C(c4cccc(OCCCO)c4)NC3NC2=O)cc1. The maximum Gasteiger partial charge on any atom is 0.327 e. The van der Waals surface area contributed by atoms with E-state index in [0.29, 0.717) is 19.6 Å². The van der Waals surface area contributed by atoms with Gasteiger partial charge in [-0.25, -0.2) is 4.79 Å². The van der Waals surface area contributed by atoms with Crippen LogP contribution >= 0.6 is 0 Å². The average Bonchev–Trinajstić information content (AvgIpc) is 3.29. The maximum atomic E-state index is 12.8. The van der Waals surface area contributed by atoms with Crippen LogP contribution in [0.15, 0.2) is 71.4 Å². The van der Waals surface area contributed by atoms with E-state index in [9.17, 15) is 4.79 Å². The standard InChI is InChI=1S/C26H33N7O3/c27-25(28)30-11-2-10-29-16-18-6-8-21(9-7-18)33-17-20-15-23(31-24(20)32-26(33)35)19-4-1-5-22(14-19)36-13-3-12-34/h1,4-9,14-15,17,24,29,31,34H,2-3,10-13,16H2,(H,32,35)(H4,27,28,30). The smallest absolute Gasteiger partial charge is 0.327 e. The zero-order valence-electron chi connectivity index (χ0n) is 20.1. The van der Waals surface area contributed by atoms with Gasteiger partial charge < -0.3 is 37.3 Å². The first kappa shape index (κ1) is 25.1. The number of guanidine groups is 1. The van der Waals surface area contributed by atoms with Gasteiger partial charge in [-0.05, 0) is 48.9 Å². The van der Waals surface area contributed by atoms with Crippen LogP contribution in [0.1, 0.15) is 24.0 Å². The predicted octanol–water partition coefficient (Wildman–Crippen LogP) is 1.58. The fraction of sp³-hybridized carbons (Fsp3) is 0.308. The third-order valence-electron chi connectivity index (χ3n) is 5.77. The minimum absolute atomic E-state index is 0.0971. The first-order valence-corrected chi connectivity index (χ1v) is 12.0. The van der Waals surface area contributed by atoms with Crippen molar-refractivity contribution < 1.29 is 14.6 Å². The molecule has 10 nitrogen and oxygen atoms in total. The fourth-order valence-electron chi connectivity index (χ4n) is 3.95. The topological polar surface area (TPSA) is 150 Å². The summed E-state index contributed by atoms with van der Waals surface area (Å²) in [6, 6.07) is 15.4. The number of nitrogens with one attached hydrogen (secondary N) is 3. The second-order valence-corrected chi connectivity index (χ2v) is 8.54. The van der Waals surface area contributed by atoms with E-state index in [4.69, 9.17) is 21.3 Å². The molecule has 2 aliphatic heterocycles. The maximum absolute atomic E-state index is 12.8. The Morgan fingerprint density at radius 3 is 2.75 bits per heavy atom. The van der Waals surface area contributed by atoms with Gasteiger partial charge in [0.15, 0.2) is 5.96 Å². The molecule has 0 fully saturated rings. The lowest BCUT2D eigenvalue weighted by Crippen LogP contribution is -2.51. The Hall–Kier alpha value is -4.02. The predicted molar refractivity (Wildman–Crippen MR) is 141 cm³/mol. The average molecular weight is 492 g/mol. The lowest BCUT2D eigenvalue weighted by molar-refractivity contribution is 0.233. The molecule has 4 rings (SSSR count). The van der Waals surface area contributed by atoms with E-state index in [1.165, 1.54) is 0 Å². The van der Waals surface area contributed by atoms with Crippen molar-refractivity contribution in [2.24, 2.45) is 16.5 Å². The van der Waals surface area contributed by atoms with Gasteiger partial charge in [-0.15, -0.1) is 0 Å². The molecule has 1 atom stereocenters. The number of amides is 2. The van der Waals surface area contributed by atoms with Gasteiger partial charge in [-0.2, -0.15) is 0 Å². The molecular formula is C26H33N7O3. The van der Waals surface area contributed by atoms with Crippen molar-refractivity contribution in [3.05, 3.63) is 77.5 Å². The molecular weight excluding hydrogens is 458 g/mol. The van der Waals surface area contributed by atoms with Gasteiger partial charge in [0.05, 0.1) is 12.3 Å². The van der Waals surface area contributed by atoms with Crippen LogP contribution in [-0.2, 0) is 6.54 Å². The number of aliphatic hydroxyl groups is 1. The van der Waals surface area contributed by atoms with Crippen LogP contribution in [0, 0.1) is 0 Å². The van der Waals surface area contributed by atoms with E-state index in [0.717, 1.165) is 53.3 Å². The molecule has 0 saturated heterocycles. The Labute approximate surface area is 210 Å². The number of benzene rings is 2. The number of rotatable bonds is 12. The Kier molecular flexibility index (Phi) is 8.43. The molecule has 10 heteroatoms. The molecule has 36 heavy (non-hydrogen) atoms. The number of urea groups is 1. The lowest BCUT2D eigenvalue weighted by atomic mass is 10.1. The molecule has 8 N–H and O–H groups in total. The number of anilines is 1. The highest BCUT2D eigenvalue weighted by molar-refractivity contribution is 5.96. The second-order valence-electron chi connectivity index (χ2n) is 8.54. The molecule has 2 aromatic carbocycles. The number of aliphatic hydroxyl groups excluding tert-OH is 1. The summed E-state index contributed by atoms with van der Waals surface area (Å²) in [5.41, 5.74) is 15.4. The zero-order chi connectivity index (χ0) is 25.3. The van der Waals surface area contributed by atoms with Crippen molar-refractivity contribution >= 4 is 23.4 Å². The summed E-state index contributed by atoms with van der Waals surface area (Å²) in [5, 5.41) is 18.7. The summed E-state index contributed by atoms with van der Waals surface area (Å²) in [7, 11) is 0. The molecule has 2 amide bonds. The molecule has 0 aromatic heterocycles. The number of ether oxygens (including phenoxy) is 1. The fourth-order valence-corrected chi connectivity index (χ4v) is 3.95. The zero-order valence-corrected chi connectivity index (χ0v) is 20.1. The van der Waals surface area contributed by atoms with Gasteiger partial charge in [0.25, 0.3) is 0 Å². The number of hydrogen-bond acceptors (Lipinski definition) is 6. The van der Waals surface area contributed by atoms with Crippen molar-refractivity contribution in [2.45, 2.75) is 25.6 Å². The summed E-state index contributed by atoms with van der Waals surface area (Å²) in [4.78, 5) is 18.4. The Bertz CT molecular complexity index is 1140. The van der Waals surface area contributed by atoms with Crippen molar-refractivity contribution in [1.82, 2.24) is 16.0 Å². The molecule has 0 saturated carbocycles. The molecule has 0 radical (unpaired) electrons. The molecule has 2 aromatic rings. The summed E-state index contributed by atoms with van der Waals surface area (Å²) < 4.78 is 5.69. The first-order valence-electron chi connectivity index (χ1n) is 12.0. The van der Waals surface area contributed by atoms with E-state index in [2.05, 4.69) is 20.9 Å². The highest BCUT2D eigenvalue weighted by Gasteiger charge is 2.31. The largest absolute Gasteiger partial charge is 0.493 e. The second kappa shape index (κ2) is 12.1. The number of hydrogen-bond donors (Lipinski definition) is 6. The van der Waals surface area contributed by atoms with Crippen molar-refractivity contribution in [3.63, 3.8) is 0 Å². The summed E-state index contributed by atoms with van der Waals surface area (Å²) in [5.74, 6) is 0.851. The molecule has 0 aliphatic carbocycles. The van der Waals surface area contributed by atoms with Crippen molar-refractivity contribution in [2.75, 3.05) is 31.2 Å². The highest BCUT2D eigenvalue weighted by Crippen LogP contribution is 2.29. The normalized spacial score (nSPS) is 16.4. The number of aliphatic imine (C=N–C) groups is 1. The number of fused-ring (bicyclic) bond motifs is 1. The number of carbonyl (C=O) groups excluding carboxylic acids is 1. The first-order chi connectivity index (χ1) is 17.5. The van der Waals surface area contributed by atoms with Gasteiger partial charge >= 0.3 is 6.03 Å².